The Hall–Kier alpha value is -1.35. The van der Waals surface area contributed by atoms with Gasteiger partial charge in [-0.05, 0) is 18.1 Å². The standard InChI is InChI=1S/C14H20N2O2S/c1-10(2)12(9-18-3)16-14(17)13-7-6-11(19-13)5-4-8-15/h6-7,10,12H,8-9,15H2,1-3H3,(H,16,17). The Morgan fingerprint density at radius 2 is 2.26 bits per heavy atom. The molecule has 104 valence electrons. The van der Waals surface area contributed by atoms with Crippen LogP contribution in [-0.4, -0.2) is 32.2 Å². The first-order valence-electron chi connectivity index (χ1n) is 6.17. The Balaban J connectivity index is 2.69. The lowest BCUT2D eigenvalue weighted by molar-refractivity contribution is 0.0870. The molecule has 0 aromatic carbocycles. The lowest BCUT2D eigenvalue weighted by atomic mass is 10.1. The Bertz CT molecular complexity index is 471. The van der Waals surface area contributed by atoms with Gasteiger partial charge in [-0.15, -0.1) is 11.3 Å². The van der Waals surface area contributed by atoms with Crippen LogP contribution in [0.15, 0.2) is 12.1 Å². The summed E-state index contributed by atoms with van der Waals surface area (Å²) in [4.78, 5) is 13.6. The van der Waals surface area contributed by atoms with Gasteiger partial charge in [-0.3, -0.25) is 4.79 Å². The molecule has 0 saturated heterocycles. The lowest BCUT2D eigenvalue weighted by Crippen LogP contribution is -2.41. The molecular weight excluding hydrogens is 260 g/mol. The van der Waals surface area contributed by atoms with Crippen LogP contribution in [0, 0.1) is 17.8 Å². The number of nitrogens with one attached hydrogen (secondary N) is 1. The van der Waals surface area contributed by atoms with Gasteiger partial charge in [-0.25, -0.2) is 0 Å². The van der Waals surface area contributed by atoms with E-state index in [-0.39, 0.29) is 11.9 Å². The van der Waals surface area contributed by atoms with Gasteiger partial charge in [0, 0.05) is 7.11 Å². The monoisotopic (exact) mass is 280 g/mol. The predicted molar refractivity (Wildman–Crippen MR) is 78.2 cm³/mol. The predicted octanol–water partition coefficient (Wildman–Crippen LogP) is 1.46. The zero-order chi connectivity index (χ0) is 14.3. The first-order valence-corrected chi connectivity index (χ1v) is 6.98. The fourth-order valence-electron chi connectivity index (χ4n) is 1.49. The zero-order valence-electron chi connectivity index (χ0n) is 11.5. The van der Waals surface area contributed by atoms with Gasteiger partial charge in [-0.1, -0.05) is 25.7 Å². The molecule has 0 saturated carbocycles. The highest BCUT2D eigenvalue weighted by Crippen LogP contribution is 2.16. The third-order valence-electron chi connectivity index (χ3n) is 2.61. The summed E-state index contributed by atoms with van der Waals surface area (Å²) in [6, 6.07) is 3.63. The van der Waals surface area contributed by atoms with Crippen LogP contribution in [0.25, 0.3) is 0 Å². The van der Waals surface area contributed by atoms with Crippen LogP contribution >= 0.6 is 11.3 Å². The second-order valence-electron chi connectivity index (χ2n) is 4.45. The van der Waals surface area contributed by atoms with E-state index in [2.05, 4.69) is 31.0 Å². The third-order valence-corrected chi connectivity index (χ3v) is 3.61. The molecule has 1 amide bonds. The number of methoxy groups -OCH3 is 1. The second kappa shape index (κ2) is 7.95. The largest absolute Gasteiger partial charge is 0.383 e. The number of carbonyl (C=O) groups excluding carboxylic acids is 1. The number of rotatable bonds is 5. The van der Waals surface area contributed by atoms with Crippen molar-refractivity contribution in [2.45, 2.75) is 19.9 Å². The number of carbonyl (C=O) groups is 1. The van der Waals surface area contributed by atoms with Crippen molar-refractivity contribution in [3.63, 3.8) is 0 Å². The van der Waals surface area contributed by atoms with Crippen molar-refractivity contribution in [1.82, 2.24) is 5.32 Å². The van der Waals surface area contributed by atoms with Gasteiger partial charge in [0.2, 0.25) is 0 Å². The molecule has 0 fully saturated rings. The maximum Gasteiger partial charge on any atom is 0.261 e. The van der Waals surface area contributed by atoms with Crippen molar-refractivity contribution in [2.24, 2.45) is 11.7 Å². The molecular formula is C14H20N2O2S. The summed E-state index contributed by atoms with van der Waals surface area (Å²) in [6.07, 6.45) is 0. The normalized spacial score (nSPS) is 11.8. The van der Waals surface area contributed by atoms with Gasteiger partial charge in [0.05, 0.1) is 28.9 Å². The molecule has 0 aliphatic carbocycles. The topological polar surface area (TPSA) is 64.3 Å². The first-order chi connectivity index (χ1) is 9.08. The molecule has 5 heteroatoms. The van der Waals surface area contributed by atoms with E-state index in [0.717, 1.165) is 4.88 Å². The molecule has 0 bridgehead atoms. The first kappa shape index (κ1) is 15.7. The van der Waals surface area contributed by atoms with Gasteiger partial charge >= 0.3 is 0 Å². The molecule has 1 atom stereocenters. The average molecular weight is 280 g/mol. The summed E-state index contributed by atoms with van der Waals surface area (Å²) in [7, 11) is 1.63. The Labute approximate surface area is 118 Å². The summed E-state index contributed by atoms with van der Waals surface area (Å²) in [5, 5.41) is 2.98. The van der Waals surface area contributed by atoms with Crippen molar-refractivity contribution >= 4 is 17.2 Å². The molecule has 1 rings (SSSR count). The van der Waals surface area contributed by atoms with Gasteiger partial charge < -0.3 is 15.8 Å². The van der Waals surface area contributed by atoms with E-state index in [9.17, 15) is 4.79 Å². The van der Waals surface area contributed by atoms with E-state index in [1.165, 1.54) is 11.3 Å². The van der Waals surface area contributed by atoms with Crippen molar-refractivity contribution < 1.29 is 9.53 Å². The van der Waals surface area contributed by atoms with Crippen molar-refractivity contribution in [3.05, 3.63) is 21.9 Å². The second-order valence-corrected chi connectivity index (χ2v) is 5.53. The number of nitrogens with two attached hydrogens (primary N) is 1. The number of ether oxygens (including phenoxy) is 1. The smallest absolute Gasteiger partial charge is 0.261 e. The summed E-state index contributed by atoms with van der Waals surface area (Å²) >= 11 is 1.37. The fourth-order valence-corrected chi connectivity index (χ4v) is 2.27. The molecule has 0 aliphatic heterocycles. The summed E-state index contributed by atoms with van der Waals surface area (Å²) in [6.45, 7) is 4.93. The number of hydrogen-bond acceptors (Lipinski definition) is 4. The van der Waals surface area contributed by atoms with Crippen LogP contribution < -0.4 is 11.1 Å². The van der Waals surface area contributed by atoms with E-state index in [4.69, 9.17) is 10.5 Å². The quantitative estimate of drug-likeness (QED) is 0.803. The third kappa shape index (κ3) is 5.03. The van der Waals surface area contributed by atoms with E-state index < -0.39 is 0 Å². The minimum atomic E-state index is -0.0819. The highest BCUT2D eigenvalue weighted by Gasteiger charge is 2.17. The van der Waals surface area contributed by atoms with Gasteiger partial charge in [0.15, 0.2) is 0 Å². The van der Waals surface area contributed by atoms with Crippen LogP contribution in [0.4, 0.5) is 0 Å². The molecule has 19 heavy (non-hydrogen) atoms. The number of amides is 1. The minimum absolute atomic E-state index is 0.0122. The molecule has 3 N–H and O–H groups in total. The molecule has 1 aromatic rings. The lowest BCUT2D eigenvalue weighted by Gasteiger charge is -2.21. The molecule has 1 heterocycles. The highest BCUT2D eigenvalue weighted by molar-refractivity contribution is 7.14. The molecule has 1 unspecified atom stereocenters. The van der Waals surface area contributed by atoms with E-state index >= 15 is 0 Å². The van der Waals surface area contributed by atoms with E-state index in [0.29, 0.717) is 23.9 Å². The Morgan fingerprint density at radius 3 is 2.84 bits per heavy atom. The maximum atomic E-state index is 12.1. The summed E-state index contributed by atoms with van der Waals surface area (Å²) in [5.74, 6) is 5.93. The van der Waals surface area contributed by atoms with Gasteiger partial charge in [0.25, 0.3) is 5.91 Å². The highest BCUT2D eigenvalue weighted by atomic mass is 32.1. The number of thiophene rings is 1. The van der Waals surface area contributed by atoms with E-state index in [1.807, 2.05) is 6.07 Å². The summed E-state index contributed by atoms with van der Waals surface area (Å²) < 4.78 is 5.11. The zero-order valence-corrected chi connectivity index (χ0v) is 12.3. The van der Waals surface area contributed by atoms with Gasteiger partial charge in [-0.2, -0.15) is 0 Å². The van der Waals surface area contributed by atoms with Crippen LogP contribution in [-0.2, 0) is 4.74 Å². The van der Waals surface area contributed by atoms with Crippen molar-refractivity contribution in [3.8, 4) is 11.8 Å². The van der Waals surface area contributed by atoms with Crippen LogP contribution in [0.1, 0.15) is 28.4 Å². The minimum Gasteiger partial charge on any atom is -0.383 e. The molecule has 0 radical (unpaired) electrons. The van der Waals surface area contributed by atoms with Crippen molar-refractivity contribution in [1.29, 1.82) is 0 Å². The van der Waals surface area contributed by atoms with Crippen LogP contribution in [0.3, 0.4) is 0 Å². The molecule has 0 aliphatic rings. The Morgan fingerprint density at radius 1 is 1.53 bits per heavy atom. The Kier molecular flexibility index (Phi) is 6.57. The molecule has 4 nitrogen and oxygen atoms in total. The van der Waals surface area contributed by atoms with Crippen LogP contribution in [0.2, 0.25) is 0 Å². The molecule has 1 aromatic heterocycles. The van der Waals surface area contributed by atoms with Crippen molar-refractivity contribution in [2.75, 3.05) is 20.3 Å². The van der Waals surface area contributed by atoms with E-state index in [1.54, 1.807) is 13.2 Å². The fraction of sp³-hybridized carbons (Fsp3) is 0.500. The SMILES string of the molecule is COCC(NC(=O)c1ccc(C#CCN)s1)C(C)C. The van der Waals surface area contributed by atoms with Gasteiger partial charge in [0.1, 0.15) is 0 Å². The molecule has 0 spiro atoms. The average Bonchev–Trinajstić information content (AvgIpc) is 2.84. The van der Waals surface area contributed by atoms with Crippen LogP contribution in [0.5, 0.6) is 0 Å². The number of hydrogen-bond donors (Lipinski definition) is 2. The maximum absolute atomic E-state index is 12.1. The summed E-state index contributed by atoms with van der Waals surface area (Å²) in [5.41, 5.74) is 5.31.